The van der Waals surface area contributed by atoms with Crippen LogP contribution in [-0.4, -0.2) is 54.4 Å². The van der Waals surface area contributed by atoms with Crippen molar-refractivity contribution in [2.75, 3.05) is 37.6 Å². The Morgan fingerprint density at radius 3 is 2.42 bits per heavy atom. The van der Waals surface area contributed by atoms with Crippen molar-refractivity contribution in [3.05, 3.63) is 54.0 Å². The van der Waals surface area contributed by atoms with Crippen LogP contribution in [0.3, 0.4) is 0 Å². The minimum atomic E-state index is -0.451. The van der Waals surface area contributed by atoms with Gasteiger partial charge in [0.1, 0.15) is 11.7 Å². The molecule has 0 spiro atoms. The Hall–Kier alpha value is -2.34. The van der Waals surface area contributed by atoms with Crippen molar-refractivity contribution in [3.8, 4) is 0 Å². The molecule has 0 radical (unpaired) electrons. The molecule has 1 saturated carbocycles. The van der Waals surface area contributed by atoms with Gasteiger partial charge >= 0.3 is 6.03 Å². The van der Waals surface area contributed by atoms with E-state index in [1.165, 1.54) is 19.0 Å². The van der Waals surface area contributed by atoms with Gasteiger partial charge in [-0.1, -0.05) is 32.0 Å². The zero-order chi connectivity index (χ0) is 22.4. The number of carbonyl (C=O) groups is 1. The summed E-state index contributed by atoms with van der Waals surface area (Å²) in [5, 5.41) is 0.662. The Bertz CT molecular complexity index is 826. The van der Waals surface area contributed by atoms with Crippen molar-refractivity contribution in [1.29, 1.82) is 0 Å². The van der Waals surface area contributed by atoms with E-state index in [-0.39, 0.29) is 11.9 Å². The van der Waals surface area contributed by atoms with Crippen molar-refractivity contribution >= 4 is 29.2 Å². The smallest absolute Gasteiger partial charge is 0.324 e. The molecule has 1 aliphatic heterocycles. The second-order valence-electron chi connectivity index (χ2n) is 8.30. The maximum atomic E-state index is 13.5. The Morgan fingerprint density at radius 2 is 1.87 bits per heavy atom. The van der Waals surface area contributed by atoms with Crippen LogP contribution in [0.2, 0.25) is 5.02 Å². The molecule has 7 heteroatoms. The molecule has 2 fully saturated rings. The average molecular weight is 447 g/mol. The molecular weight excluding hydrogens is 415 g/mol. The Balaban J connectivity index is 1.69. The first-order valence-corrected chi connectivity index (χ1v) is 11.4. The van der Waals surface area contributed by atoms with E-state index >= 15 is 0 Å². The maximum absolute atomic E-state index is 13.5. The van der Waals surface area contributed by atoms with Gasteiger partial charge < -0.3 is 9.80 Å². The number of allylic oxidation sites excluding steroid dienone is 2. The zero-order valence-corrected chi connectivity index (χ0v) is 19.2. The van der Waals surface area contributed by atoms with Gasteiger partial charge in [0.25, 0.3) is 0 Å². The minimum Gasteiger partial charge on any atom is -0.356 e. The number of rotatable bonds is 7. The first kappa shape index (κ1) is 23.3. The van der Waals surface area contributed by atoms with Gasteiger partial charge in [0.2, 0.25) is 0 Å². The number of amides is 2. The van der Waals surface area contributed by atoms with Crippen LogP contribution in [0.4, 0.5) is 14.9 Å². The fourth-order valence-electron chi connectivity index (χ4n) is 3.65. The molecule has 31 heavy (non-hydrogen) atoms. The van der Waals surface area contributed by atoms with Gasteiger partial charge in [-0.25, -0.2) is 14.2 Å². The predicted molar refractivity (Wildman–Crippen MR) is 126 cm³/mol. The summed E-state index contributed by atoms with van der Waals surface area (Å²) in [6.45, 7) is 10.9. The zero-order valence-electron chi connectivity index (χ0n) is 18.4. The number of piperazine rings is 1. The van der Waals surface area contributed by atoms with Crippen LogP contribution in [0, 0.1) is 11.8 Å². The normalized spacial score (nSPS) is 18.7. The van der Waals surface area contributed by atoms with E-state index in [0.717, 1.165) is 30.6 Å². The Labute approximate surface area is 189 Å². The highest BCUT2D eigenvalue weighted by molar-refractivity contribution is 6.30. The quantitative estimate of drug-likeness (QED) is 0.304. The van der Waals surface area contributed by atoms with Crippen molar-refractivity contribution in [2.45, 2.75) is 33.1 Å². The van der Waals surface area contributed by atoms with E-state index in [0.29, 0.717) is 37.1 Å². The van der Waals surface area contributed by atoms with E-state index in [1.807, 2.05) is 34.1 Å². The third kappa shape index (κ3) is 6.33. The summed E-state index contributed by atoms with van der Waals surface area (Å²) in [7, 11) is 0. The number of nitrogens with zero attached hydrogens (tertiary/aromatic N) is 4. The fraction of sp³-hybridized carbons (Fsp3) is 0.500. The lowest BCUT2D eigenvalue weighted by Crippen LogP contribution is -2.55. The number of benzene rings is 1. The van der Waals surface area contributed by atoms with Crippen LogP contribution in [0.25, 0.3) is 0 Å². The molecule has 1 atom stereocenters. The molecule has 1 unspecified atom stereocenters. The number of anilines is 1. The predicted octanol–water partition coefficient (Wildman–Crippen LogP) is 5.74. The maximum Gasteiger partial charge on any atom is 0.324 e. The lowest BCUT2D eigenvalue weighted by Gasteiger charge is -2.40. The lowest BCUT2D eigenvalue weighted by molar-refractivity contribution is 0.173. The van der Waals surface area contributed by atoms with E-state index in [1.54, 1.807) is 0 Å². The van der Waals surface area contributed by atoms with E-state index in [2.05, 4.69) is 30.3 Å². The topological polar surface area (TPSA) is 39.1 Å². The molecule has 0 bridgehead atoms. The van der Waals surface area contributed by atoms with Gasteiger partial charge in [-0.3, -0.25) is 4.90 Å². The minimum absolute atomic E-state index is 0.0356. The van der Waals surface area contributed by atoms with Crippen molar-refractivity contribution in [3.63, 3.8) is 0 Å². The van der Waals surface area contributed by atoms with Gasteiger partial charge in [-0.15, -0.1) is 0 Å². The highest BCUT2D eigenvalue weighted by atomic mass is 35.5. The first-order chi connectivity index (χ1) is 14.9. The van der Waals surface area contributed by atoms with Crippen molar-refractivity contribution in [2.24, 2.45) is 16.8 Å². The van der Waals surface area contributed by atoms with E-state index < -0.39 is 5.83 Å². The van der Waals surface area contributed by atoms with Gasteiger partial charge in [0.15, 0.2) is 0 Å². The standard InChI is InChI=1S/C24H32ClFN4O/c1-4-18(3)23(27-16-21(26)5-2)28-12-14-29(15-13-28)24(31)30(17-19-6-7-19)22-10-8-20(25)9-11-22/h5,8-11,16,18-19H,2,4,6-7,12-15,17H2,1,3H3/b21-16+,27-23?. The number of amidine groups is 1. The summed E-state index contributed by atoms with van der Waals surface area (Å²) in [5.74, 6) is 1.19. The third-order valence-corrected chi connectivity index (χ3v) is 6.20. The summed E-state index contributed by atoms with van der Waals surface area (Å²) in [6, 6.07) is 7.51. The fourth-order valence-corrected chi connectivity index (χ4v) is 3.78. The molecule has 1 aromatic rings. The molecular formula is C24H32ClFN4O. The molecule has 0 N–H and O–H groups in total. The lowest BCUT2D eigenvalue weighted by atomic mass is 10.1. The molecule has 1 saturated heterocycles. The van der Waals surface area contributed by atoms with Gasteiger partial charge in [-0.05, 0) is 55.5 Å². The molecule has 5 nitrogen and oxygen atoms in total. The van der Waals surface area contributed by atoms with Crippen LogP contribution in [0.15, 0.2) is 53.9 Å². The summed E-state index contributed by atoms with van der Waals surface area (Å²) in [5.41, 5.74) is 0.885. The summed E-state index contributed by atoms with van der Waals surface area (Å²) >= 11 is 6.04. The summed E-state index contributed by atoms with van der Waals surface area (Å²) < 4.78 is 13.5. The largest absolute Gasteiger partial charge is 0.356 e. The second-order valence-corrected chi connectivity index (χ2v) is 8.74. The molecule has 0 aromatic heterocycles. The number of hydrogen-bond acceptors (Lipinski definition) is 2. The van der Waals surface area contributed by atoms with Gasteiger partial charge in [0, 0.05) is 49.4 Å². The third-order valence-electron chi connectivity index (χ3n) is 5.95. The van der Waals surface area contributed by atoms with Crippen LogP contribution >= 0.6 is 11.6 Å². The highest BCUT2D eigenvalue weighted by Gasteiger charge is 2.32. The SMILES string of the molecule is C=C/C(F)=C\N=C(C(C)CC)N1CCN(C(=O)N(CC2CC2)c2ccc(Cl)cc2)CC1. The van der Waals surface area contributed by atoms with Gasteiger partial charge in [0.05, 0.1) is 6.20 Å². The Kier molecular flexibility index (Phi) is 8.13. The molecule has 1 aliphatic carbocycles. The van der Waals surface area contributed by atoms with Crippen LogP contribution in [0.5, 0.6) is 0 Å². The van der Waals surface area contributed by atoms with E-state index in [9.17, 15) is 9.18 Å². The molecule has 168 valence electrons. The van der Waals surface area contributed by atoms with Gasteiger partial charge in [-0.2, -0.15) is 0 Å². The summed E-state index contributed by atoms with van der Waals surface area (Å²) in [4.78, 5) is 23.7. The van der Waals surface area contributed by atoms with Crippen LogP contribution in [0.1, 0.15) is 33.1 Å². The molecule has 1 heterocycles. The molecule has 3 rings (SSSR count). The van der Waals surface area contributed by atoms with Crippen molar-refractivity contribution in [1.82, 2.24) is 9.80 Å². The second kappa shape index (κ2) is 10.8. The van der Waals surface area contributed by atoms with E-state index in [4.69, 9.17) is 11.6 Å². The number of halogens is 2. The number of hydrogen-bond donors (Lipinski definition) is 0. The molecule has 1 aromatic carbocycles. The Morgan fingerprint density at radius 1 is 1.26 bits per heavy atom. The number of urea groups is 1. The number of aliphatic imine (C=N–C) groups is 1. The average Bonchev–Trinajstić information content (AvgIpc) is 3.62. The van der Waals surface area contributed by atoms with Crippen molar-refractivity contribution < 1.29 is 9.18 Å². The first-order valence-electron chi connectivity index (χ1n) is 11.1. The monoisotopic (exact) mass is 446 g/mol. The highest BCUT2D eigenvalue weighted by Crippen LogP contribution is 2.32. The number of carbonyl (C=O) groups excluding carboxylic acids is 1. The molecule has 2 amide bonds. The van der Waals surface area contributed by atoms with Crippen LogP contribution < -0.4 is 4.90 Å². The van der Waals surface area contributed by atoms with Crippen LogP contribution in [-0.2, 0) is 0 Å². The molecule has 2 aliphatic rings. The summed E-state index contributed by atoms with van der Waals surface area (Å²) in [6.07, 6.45) is 5.64.